The Balaban J connectivity index is 1.39. The second kappa shape index (κ2) is 9.74. The number of nitrogens with one attached hydrogen (secondary N) is 1. The molecule has 0 aromatic heterocycles. The number of urea groups is 1. The van der Waals surface area contributed by atoms with Crippen molar-refractivity contribution in [1.82, 2.24) is 20.0 Å². The van der Waals surface area contributed by atoms with E-state index in [0.717, 1.165) is 25.1 Å². The first-order chi connectivity index (χ1) is 13.1. The molecule has 0 aliphatic carbocycles. The van der Waals surface area contributed by atoms with E-state index in [4.69, 9.17) is 0 Å². The molecule has 1 aromatic rings. The summed E-state index contributed by atoms with van der Waals surface area (Å²) in [5.41, 5.74) is 1.13. The molecule has 0 spiro atoms. The van der Waals surface area contributed by atoms with Crippen LogP contribution >= 0.6 is 0 Å². The van der Waals surface area contributed by atoms with E-state index in [0.29, 0.717) is 45.1 Å². The van der Waals surface area contributed by atoms with Crippen molar-refractivity contribution < 1.29 is 9.59 Å². The zero-order valence-corrected chi connectivity index (χ0v) is 16.4. The molecule has 6 heteroatoms. The number of hydrogen-bond donors (Lipinski definition) is 1. The number of amides is 3. The highest BCUT2D eigenvalue weighted by molar-refractivity contribution is 5.77. The summed E-state index contributed by atoms with van der Waals surface area (Å²) in [7, 11) is 1.84. The van der Waals surface area contributed by atoms with Gasteiger partial charge in [-0.3, -0.25) is 4.79 Å². The Labute approximate surface area is 162 Å². The minimum atomic E-state index is 0.0423. The molecule has 3 rings (SSSR count). The molecular weight excluding hydrogens is 340 g/mol. The predicted octanol–water partition coefficient (Wildman–Crippen LogP) is 2.16. The smallest absolute Gasteiger partial charge is 0.320 e. The molecule has 1 N–H and O–H groups in total. The van der Waals surface area contributed by atoms with E-state index >= 15 is 0 Å². The van der Waals surface area contributed by atoms with Crippen molar-refractivity contribution in [2.24, 2.45) is 5.92 Å². The van der Waals surface area contributed by atoms with Gasteiger partial charge in [0.15, 0.2) is 0 Å². The standard InChI is InChI=1S/C21H32N4O2/c1-23(17-19-5-3-2-4-6-19)21(27)25-15-13-24(14-16-25)20(26)8-7-18-9-11-22-12-10-18/h2-6,18,22H,7-17H2,1H3. The van der Waals surface area contributed by atoms with Gasteiger partial charge in [0.25, 0.3) is 0 Å². The predicted molar refractivity (Wildman–Crippen MR) is 106 cm³/mol. The summed E-state index contributed by atoms with van der Waals surface area (Å²) < 4.78 is 0. The highest BCUT2D eigenvalue weighted by atomic mass is 16.2. The van der Waals surface area contributed by atoms with Crippen LogP contribution < -0.4 is 5.32 Å². The summed E-state index contributed by atoms with van der Waals surface area (Å²) in [6, 6.07) is 10.1. The number of carbonyl (C=O) groups excluding carboxylic acids is 2. The highest BCUT2D eigenvalue weighted by Crippen LogP contribution is 2.19. The zero-order valence-electron chi connectivity index (χ0n) is 16.4. The Morgan fingerprint density at radius 2 is 1.67 bits per heavy atom. The lowest BCUT2D eigenvalue weighted by atomic mass is 9.93. The lowest BCUT2D eigenvalue weighted by Gasteiger charge is -2.37. The number of piperazine rings is 1. The van der Waals surface area contributed by atoms with E-state index in [2.05, 4.69) is 5.32 Å². The van der Waals surface area contributed by atoms with Gasteiger partial charge >= 0.3 is 6.03 Å². The Kier molecular flexibility index (Phi) is 7.10. The number of benzene rings is 1. The summed E-state index contributed by atoms with van der Waals surface area (Å²) in [5.74, 6) is 0.933. The first-order valence-corrected chi connectivity index (χ1v) is 10.2. The summed E-state index contributed by atoms with van der Waals surface area (Å²) in [6.07, 6.45) is 4.01. The molecule has 0 radical (unpaired) electrons. The quantitative estimate of drug-likeness (QED) is 0.862. The summed E-state index contributed by atoms with van der Waals surface area (Å²) in [6.45, 7) is 5.31. The van der Waals surface area contributed by atoms with Crippen LogP contribution in [0.5, 0.6) is 0 Å². The summed E-state index contributed by atoms with van der Waals surface area (Å²) in [5, 5.41) is 3.37. The Bertz CT molecular complexity index is 608. The number of rotatable bonds is 5. The monoisotopic (exact) mass is 372 g/mol. The molecule has 148 valence electrons. The van der Waals surface area contributed by atoms with Crippen molar-refractivity contribution in [3.05, 3.63) is 35.9 Å². The molecule has 0 atom stereocenters. The molecule has 0 saturated carbocycles. The number of carbonyl (C=O) groups is 2. The molecule has 27 heavy (non-hydrogen) atoms. The Hall–Kier alpha value is -2.08. The van der Waals surface area contributed by atoms with E-state index in [-0.39, 0.29) is 11.9 Å². The third-order valence-corrected chi connectivity index (χ3v) is 5.72. The SMILES string of the molecule is CN(Cc1ccccc1)C(=O)N1CCN(C(=O)CCC2CCNCC2)CC1. The molecule has 2 aliphatic rings. The lowest BCUT2D eigenvalue weighted by Crippen LogP contribution is -2.53. The van der Waals surface area contributed by atoms with Crippen LogP contribution in [-0.2, 0) is 11.3 Å². The van der Waals surface area contributed by atoms with Gasteiger partial charge in [-0.25, -0.2) is 4.79 Å². The normalized spacial score (nSPS) is 18.4. The van der Waals surface area contributed by atoms with E-state index in [1.807, 2.05) is 47.2 Å². The molecule has 2 aliphatic heterocycles. The van der Waals surface area contributed by atoms with Crippen molar-refractivity contribution in [1.29, 1.82) is 0 Å². The van der Waals surface area contributed by atoms with Crippen LogP contribution in [0.3, 0.4) is 0 Å². The first-order valence-electron chi connectivity index (χ1n) is 10.2. The fourth-order valence-electron chi connectivity index (χ4n) is 3.97. The zero-order chi connectivity index (χ0) is 19.1. The van der Waals surface area contributed by atoms with Crippen LogP contribution in [0.25, 0.3) is 0 Å². The second-order valence-electron chi connectivity index (χ2n) is 7.72. The van der Waals surface area contributed by atoms with Crippen molar-refractivity contribution >= 4 is 11.9 Å². The van der Waals surface area contributed by atoms with Gasteiger partial charge in [0.1, 0.15) is 0 Å². The molecule has 0 unspecified atom stereocenters. The van der Waals surface area contributed by atoms with Crippen LogP contribution in [0.15, 0.2) is 30.3 Å². The Morgan fingerprint density at radius 1 is 1.04 bits per heavy atom. The molecule has 2 fully saturated rings. The van der Waals surface area contributed by atoms with Gasteiger partial charge in [-0.2, -0.15) is 0 Å². The van der Waals surface area contributed by atoms with E-state index in [9.17, 15) is 9.59 Å². The van der Waals surface area contributed by atoms with Gasteiger partial charge in [-0.05, 0) is 43.8 Å². The summed E-state index contributed by atoms with van der Waals surface area (Å²) >= 11 is 0. The van der Waals surface area contributed by atoms with E-state index < -0.39 is 0 Å². The highest BCUT2D eigenvalue weighted by Gasteiger charge is 2.26. The maximum Gasteiger partial charge on any atom is 0.320 e. The number of hydrogen-bond acceptors (Lipinski definition) is 3. The van der Waals surface area contributed by atoms with Crippen LogP contribution in [0.4, 0.5) is 4.79 Å². The van der Waals surface area contributed by atoms with Crippen LogP contribution in [0.2, 0.25) is 0 Å². The van der Waals surface area contributed by atoms with Gasteiger partial charge in [0.05, 0.1) is 0 Å². The molecule has 1 aromatic carbocycles. The van der Waals surface area contributed by atoms with Gasteiger partial charge < -0.3 is 20.0 Å². The second-order valence-corrected chi connectivity index (χ2v) is 7.72. The third kappa shape index (κ3) is 5.70. The molecule has 0 bridgehead atoms. The van der Waals surface area contributed by atoms with Crippen molar-refractivity contribution in [3.8, 4) is 0 Å². The first kappa shape index (κ1) is 19.7. The minimum Gasteiger partial charge on any atom is -0.339 e. The number of nitrogens with zero attached hydrogens (tertiary/aromatic N) is 3. The molecule has 2 heterocycles. The molecule has 3 amide bonds. The van der Waals surface area contributed by atoms with Gasteiger partial charge in [-0.15, -0.1) is 0 Å². The van der Waals surface area contributed by atoms with Crippen molar-refractivity contribution in [3.63, 3.8) is 0 Å². The summed E-state index contributed by atoms with van der Waals surface area (Å²) in [4.78, 5) is 30.7. The minimum absolute atomic E-state index is 0.0423. The van der Waals surface area contributed by atoms with Crippen LogP contribution in [-0.4, -0.2) is 73.0 Å². The number of piperidine rings is 1. The van der Waals surface area contributed by atoms with Crippen LogP contribution in [0, 0.1) is 5.92 Å². The Morgan fingerprint density at radius 3 is 2.33 bits per heavy atom. The van der Waals surface area contributed by atoms with E-state index in [1.165, 1.54) is 12.8 Å². The molecule has 6 nitrogen and oxygen atoms in total. The van der Waals surface area contributed by atoms with Crippen LogP contribution in [0.1, 0.15) is 31.2 Å². The lowest BCUT2D eigenvalue weighted by molar-refractivity contribution is -0.133. The van der Waals surface area contributed by atoms with Gasteiger partial charge in [0.2, 0.25) is 5.91 Å². The van der Waals surface area contributed by atoms with Crippen molar-refractivity contribution in [2.75, 3.05) is 46.3 Å². The van der Waals surface area contributed by atoms with Gasteiger partial charge in [-0.1, -0.05) is 30.3 Å². The fraction of sp³-hybridized carbons (Fsp3) is 0.619. The average molecular weight is 373 g/mol. The molecule has 2 saturated heterocycles. The largest absolute Gasteiger partial charge is 0.339 e. The average Bonchev–Trinajstić information content (AvgIpc) is 2.73. The molecular formula is C21H32N4O2. The third-order valence-electron chi connectivity index (χ3n) is 5.72. The maximum absolute atomic E-state index is 12.7. The van der Waals surface area contributed by atoms with Gasteiger partial charge in [0, 0.05) is 46.2 Å². The topological polar surface area (TPSA) is 55.9 Å². The maximum atomic E-state index is 12.7. The van der Waals surface area contributed by atoms with Crippen molar-refractivity contribution in [2.45, 2.75) is 32.2 Å². The van der Waals surface area contributed by atoms with E-state index in [1.54, 1.807) is 4.90 Å². The fourth-order valence-corrected chi connectivity index (χ4v) is 3.97.